The van der Waals surface area contributed by atoms with Crippen LogP contribution >= 0.6 is 0 Å². The molecular formula is C8H18O. The maximum atomic E-state index is 9.32. The van der Waals surface area contributed by atoms with Gasteiger partial charge in [-0.2, -0.15) is 0 Å². The minimum absolute atomic E-state index is 0.0694. The van der Waals surface area contributed by atoms with Gasteiger partial charge in [-0.1, -0.05) is 33.6 Å². The molecule has 0 unspecified atom stereocenters. The summed E-state index contributed by atoms with van der Waals surface area (Å²) in [6.45, 7) is 6.29. The van der Waals surface area contributed by atoms with Crippen molar-refractivity contribution in [3.05, 3.63) is 0 Å². The molecule has 0 rings (SSSR count). The normalized spacial score (nSPS) is 14.3. The van der Waals surface area contributed by atoms with Crippen LogP contribution in [0, 0.1) is 5.92 Å². The van der Waals surface area contributed by atoms with Gasteiger partial charge in [-0.3, -0.25) is 0 Å². The van der Waals surface area contributed by atoms with Gasteiger partial charge in [0, 0.05) is 0 Å². The predicted molar refractivity (Wildman–Crippen MR) is 40.4 cm³/mol. The van der Waals surface area contributed by atoms with Crippen molar-refractivity contribution in [2.45, 2.75) is 46.1 Å². The van der Waals surface area contributed by atoms with Crippen LogP contribution in [0.1, 0.15) is 40.0 Å². The maximum absolute atomic E-state index is 9.32. The zero-order valence-electron chi connectivity index (χ0n) is 6.72. The molecule has 56 valence electrons. The predicted octanol–water partition coefficient (Wildman–Crippen LogP) is 2.19. The Morgan fingerprint density at radius 3 is 1.56 bits per heavy atom. The molecule has 0 amide bonds. The number of rotatable bonds is 4. The van der Waals surface area contributed by atoms with E-state index in [0.29, 0.717) is 5.92 Å². The van der Waals surface area contributed by atoms with E-state index in [0.717, 1.165) is 19.3 Å². The molecule has 9 heavy (non-hydrogen) atoms. The fourth-order valence-corrected chi connectivity index (χ4v) is 1.17. The molecule has 0 bridgehead atoms. The summed E-state index contributed by atoms with van der Waals surface area (Å²) in [6.07, 6.45) is 3.03. The fraction of sp³-hybridized carbons (Fsp3) is 1.00. The molecule has 0 aromatic carbocycles. The molecule has 1 heteroatoms. The van der Waals surface area contributed by atoms with Gasteiger partial charge in [0.1, 0.15) is 0 Å². The lowest BCUT2D eigenvalue weighted by Crippen LogP contribution is -2.17. The molecule has 0 aromatic rings. The summed E-state index contributed by atoms with van der Waals surface area (Å²) < 4.78 is 0. The molecule has 0 radical (unpaired) electrons. The molecule has 1 N–H and O–H groups in total. The third-order valence-electron chi connectivity index (χ3n) is 2.01. The molecule has 0 heterocycles. The van der Waals surface area contributed by atoms with Gasteiger partial charge in [-0.25, -0.2) is 0 Å². The van der Waals surface area contributed by atoms with Gasteiger partial charge < -0.3 is 5.11 Å². The Bertz CT molecular complexity index is 57.6. The molecule has 0 saturated carbocycles. The molecule has 0 saturated heterocycles. The van der Waals surface area contributed by atoms with Crippen molar-refractivity contribution in [1.82, 2.24) is 0 Å². The van der Waals surface area contributed by atoms with Crippen molar-refractivity contribution >= 4 is 0 Å². The van der Waals surface area contributed by atoms with E-state index in [1.807, 2.05) is 6.92 Å². The maximum Gasteiger partial charge on any atom is 0.0565 e. The van der Waals surface area contributed by atoms with Gasteiger partial charge in [-0.05, 0) is 12.3 Å². The first kappa shape index (κ1) is 8.96. The highest BCUT2D eigenvalue weighted by Gasteiger charge is 2.11. The summed E-state index contributed by atoms with van der Waals surface area (Å²) in [6, 6.07) is 0. The molecule has 0 aliphatic heterocycles. The first-order chi connectivity index (χ1) is 4.26. The standard InChI is InChI=1S/C8H18O/c1-4-7(5-2)8(9)6-3/h7-9H,4-6H2,1-3H3/t8-/m1/s1. The zero-order valence-corrected chi connectivity index (χ0v) is 6.72. The highest BCUT2D eigenvalue weighted by molar-refractivity contribution is 4.63. The van der Waals surface area contributed by atoms with Crippen LogP contribution in [0.5, 0.6) is 0 Å². The van der Waals surface area contributed by atoms with E-state index in [9.17, 15) is 5.11 Å². The topological polar surface area (TPSA) is 20.2 Å². The second kappa shape index (κ2) is 4.80. The van der Waals surface area contributed by atoms with Gasteiger partial charge in [0.15, 0.2) is 0 Å². The summed E-state index contributed by atoms with van der Waals surface area (Å²) in [5, 5.41) is 9.32. The van der Waals surface area contributed by atoms with Gasteiger partial charge in [0.2, 0.25) is 0 Å². The van der Waals surface area contributed by atoms with E-state index < -0.39 is 0 Å². The summed E-state index contributed by atoms with van der Waals surface area (Å²) in [5.41, 5.74) is 0. The Kier molecular flexibility index (Phi) is 4.78. The molecule has 1 atom stereocenters. The Morgan fingerprint density at radius 2 is 1.44 bits per heavy atom. The Labute approximate surface area is 58.1 Å². The zero-order chi connectivity index (χ0) is 7.28. The summed E-state index contributed by atoms with van der Waals surface area (Å²) in [7, 11) is 0. The summed E-state index contributed by atoms with van der Waals surface area (Å²) in [5.74, 6) is 0.523. The largest absolute Gasteiger partial charge is 0.393 e. The van der Waals surface area contributed by atoms with E-state index in [4.69, 9.17) is 0 Å². The van der Waals surface area contributed by atoms with Crippen LogP contribution in [-0.4, -0.2) is 11.2 Å². The monoisotopic (exact) mass is 130 g/mol. The van der Waals surface area contributed by atoms with E-state index in [2.05, 4.69) is 13.8 Å². The lowest BCUT2D eigenvalue weighted by Gasteiger charge is -2.17. The van der Waals surface area contributed by atoms with Crippen LogP contribution in [0.2, 0.25) is 0 Å². The second-order valence-electron chi connectivity index (χ2n) is 2.55. The average Bonchev–Trinajstić information content (AvgIpc) is 1.90. The highest BCUT2D eigenvalue weighted by atomic mass is 16.3. The molecule has 0 aliphatic rings. The first-order valence-electron chi connectivity index (χ1n) is 3.94. The van der Waals surface area contributed by atoms with Crippen LogP contribution < -0.4 is 0 Å². The smallest absolute Gasteiger partial charge is 0.0565 e. The third kappa shape index (κ3) is 2.85. The minimum atomic E-state index is -0.0694. The molecule has 1 nitrogen and oxygen atoms in total. The highest BCUT2D eigenvalue weighted by Crippen LogP contribution is 2.14. The Hall–Kier alpha value is -0.0400. The number of hydrogen-bond acceptors (Lipinski definition) is 1. The van der Waals surface area contributed by atoms with E-state index in [1.54, 1.807) is 0 Å². The quantitative estimate of drug-likeness (QED) is 0.618. The third-order valence-corrected chi connectivity index (χ3v) is 2.01. The van der Waals surface area contributed by atoms with E-state index >= 15 is 0 Å². The van der Waals surface area contributed by atoms with Crippen molar-refractivity contribution in [3.63, 3.8) is 0 Å². The van der Waals surface area contributed by atoms with Crippen molar-refractivity contribution in [3.8, 4) is 0 Å². The van der Waals surface area contributed by atoms with Gasteiger partial charge >= 0.3 is 0 Å². The number of aliphatic hydroxyl groups excluding tert-OH is 1. The van der Waals surface area contributed by atoms with E-state index in [-0.39, 0.29) is 6.10 Å². The number of aliphatic hydroxyl groups is 1. The first-order valence-corrected chi connectivity index (χ1v) is 3.94. The Balaban J connectivity index is 3.50. The van der Waals surface area contributed by atoms with Gasteiger partial charge in [-0.15, -0.1) is 0 Å². The average molecular weight is 130 g/mol. The lowest BCUT2D eigenvalue weighted by molar-refractivity contribution is 0.0990. The van der Waals surface area contributed by atoms with Crippen molar-refractivity contribution in [2.75, 3.05) is 0 Å². The number of hydrogen-bond donors (Lipinski definition) is 1. The summed E-state index contributed by atoms with van der Waals surface area (Å²) in [4.78, 5) is 0. The minimum Gasteiger partial charge on any atom is -0.393 e. The van der Waals surface area contributed by atoms with Crippen molar-refractivity contribution < 1.29 is 5.11 Å². The molecular weight excluding hydrogens is 112 g/mol. The Morgan fingerprint density at radius 1 is 1.00 bits per heavy atom. The second-order valence-corrected chi connectivity index (χ2v) is 2.55. The van der Waals surface area contributed by atoms with Crippen LogP contribution in [0.15, 0.2) is 0 Å². The van der Waals surface area contributed by atoms with Crippen molar-refractivity contribution in [2.24, 2.45) is 5.92 Å². The molecule has 0 aliphatic carbocycles. The van der Waals surface area contributed by atoms with Gasteiger partial charge in [0.05, 0.1) is 6.10 Å². The molecule has 0 aromatic heterocycles. The van der Waals surface area contributed by atoms with E-state index in [1.165, 1.54) is 0 Å². The van der Waals surface area contributed by atoms with Crippen LogP contribution in [0.3, 0.4) is 0 Å². The molecule has 0 spiro atoms. The van der Waals surface area contributed by atoms with Crippen molar-refractivity contribution in [1.29, 1.82) is 0 Å². The van der Waals surface area contributed by atoms with Gasteiger partial charge in [0.25, 0.3) is 0 Å². The van der Waals surface area contributed by atoms with Crippen LogP contribution in [0.4, 0.5) is 0 Å². The van der Waals surface area contributed by atoms with Crippen LogP contribution in [0.25, 0.3) is 0 Å². The summed E-state index contributed by atoms with van der Waals surface area (Å²) >= 11 is 0. The molecule has 0 fully saturated rings. The SMILES string of the molecule is CCC(CC)[C@H](O)CC. The lowest BCUT2D eigenvalue weighted by atomic mass is 9.95. The van der Waals surface area contributed by atoms with Crippen LogP contribution in [-0.2, 0) is 0 Å². The fourth-order valence-electron chi connectivity index (χ4n) is 1.17.